The SMILES string of the molecule is CC(C)C[C@H](NC(=O)[C@@H](CC(=O)c1ccccc1)NCc1ccccc1)C(=O)O. The molecular weight excluding hydrogens is 368 g/mol. The lowest BCUT2D eigenvalue weighted by molar-refractivity contribution is -0.142. The number of ketones is 1. The van der Waals surface area contributed by atoms with E-state index in [1.165, 1.54) is 0 Å². The van der Waals surface area contributed by atoms with Gasteiger partial charge in [-0.05, 0) is 17.9 Å². The molecule has 6 nitrogen and oxygen atoms in total. The van der Waals surface area contributed by atoms with Crippen LogP contribution in [0.3, 0.4) is 0 Å². The van der Waals surface area contributed by atoms with Crippen LogP contribution in [0.15, 0.2) is 60.7 Å². The molecule has 0 aliphatic rings. The van der Waals surface area contributed by atoms with Crippen LogP contribution in [-0.2, 0) is 16.1 Å². The third kappa shape index (κ3) is 7.50. The van der Waals surface area contributed by atoms with Crippen molar-refractivity contribution in [1.82, 2.24) is 10.6 Å². The van der Waals surface area contributed by atoms with E-state index in [2.05, 4.69) is 10.6 Å². The van der Waals surface area contributed by atoms with Gasteiger partial charge in [-0.15, -0.1) is 0 Å². The molecule has 0 aliphatic heterocycles. The van der Waals surface area contributed by atoms with E-state index in [1.54, 1.807) is 24.3 Å². The highest BCUT2D eigenvalue weighted by molar-refractivity contribution is 6.00. The van der Waals surface area contributed by atoms with Crippen molar-refractivity contribution in [2.45, 2.75) is 45.3 Å². The lowest BCUT2D eigenvalue weighted by Crippen LogP contribution is -2.51. The standard InChI is InChI=1S/C23H28N2O4/c1-16(2)13-20(23(28)29)25-22(27)19(24-15-17-9-5-3-6-10-17)14-21(26)18-11-7-4-8-12-18/h3-12,16,19-20,24H,13-15H2,1-2H3,(H,25,27)(H,28,29)/t19-,20+/m1/s1. The molecule has 0 fully saturated rings. The van der Waals surface area contributed by atoms with E-state index in [0.717, 1.165) is 5.56 Å². The fourth-order valence-electron chi connectivity index (χ4n) is 2.99. The smallest absolute Gasteiger partial charge is 0.326 e. The number of amides is 1. The van der Waals surface area contributed by atoms with Gasteiger partial charge in [0.05, 0.1) is 6.04 Å². The quantitative estimate of drug-likeness (QED) is 0.508. The van der Waals surface area contributed by atoms with Crippen molar-refractivity contribution in [3.63, 3.8) is 0 Å². The summed E-state index contributed by atoms with van der Waals surface area (Å²) in [6, 6.07) is 16.4. The molecule has 0 saturated carbocycles. The number of benzene rings is 2. The molecule has 2 rings (SSSR count). The molecule has 0 heterocycles. The molecule has 2 aromatic carbocycles. The fraction of sp³-hybridized carbons (Fsp3) is 0.348. The zero-order valence-electron chi connectivity index (χ0n) is 16.8. The summed E-state index contributed by atoms with van der Waals surface area (Å²) in [4.78, 5) is 37.0. The average molecular weight is 396 g/mol. The van der Waals surface area contributed by atoms with Crippen LogP contribution < -0.4 is 10.6 Å². The Bertz CT molecular complexity index is 806. The number of carbonyl (C=O) groups excluding carboxylic acids is 2. The van der Waals surface area contributed by atoms with Crippen LogP contribution in [0, 0.1) is 5.92 Å². The maximum Gasteiger partial charge on any atom is 0.326 e. The molecule has 0 radical (unpaired) electrons. The number of Topliss-reactive ketones (excluding diaryl/α,β-unsaturated/α-hetero) is 1. The molecule has 6 heteroatoms. The maximum absolute atomic E-state index is 12.8. The first-order valence-electron chi connectivity index (χ1n) is 9.75. The van der Waals surface area contributed by atoms with Crippen molar-refractivity contribution in [3.05, 3.63) is 71.8 Å². The summed E-state index contributed by atoms with van der Waals surface area (Å²) < 4.78 is 0. The molecule has 0 spiro atoms. The summed E-state index contributed by atoms with van der Waals surface area (Å²) >= 11 is 0. The topological polar surface area (TPSA) is 95.5 Å². The van der Waals surface area contributed by atoms with E-state index >= 15 is 0 Å². The van der Waals surface area contributed by atoms with Gasteiger partial charge in [0, 0.05) is 18.5 Å². The van der Waals surface area contributed by atoms with E-state index in [0.29, 0.717) is 18.5 Å². The number of carboxylic acid groups (broad SMARTS) is 1. The fourth-order valence-corrected chi connectivity index (χ4v) is 2.99. The molecular formula is C23H28N2O4. The van der Waals surface area contributed by atoms with Gasteiger partial charge in [-0.2, -0.15) is 0 Å². The van der Waals surface area contributed by atoms with Gasteiger partial charge in [0.25, 0.3) is 0 Å². The lowest BCUT2D eigenvalue weighted by Gasteiger charge is -2.22. The monoisotopic (exact) mass is 396 g/mol. The highest BCUT2D eigenvalue weighted by Crippen LogP contribution is 2.10. The summed E-state index contributed by atoms with van der Waals surface area (Å²) in [5.41, 5.74) is 1.48. The lowest BCUT2D eigenvalue weighted by atomic mass is 10.0. The van der Waals surface area contributed by atoms with Crippen LogP contribution >= 0.6 is 0 Å². The minimum absolute atomic E-state index is 0.0588. The number of nitrogens with one attached hydrogen (secondary N) is 2. The second-order valence-electron chi connectivity index (χ2n) is 7.44. The Morgan fingerprint density at radius 2 is 1.48 bits per heavy atom. The molecule has 29 heavy (non-hydrogen) atoms. The molecule has 2 atom stereocenters. The molecule has 0 aliphatic carbocycles. The number of carbonyl (C=O) groups is 3. The van der Waals surface area contributed by atoms with Gasteiger partial charge in [0.15, 0.2) is 5.78 Å². The largest absolute Gasteiger partial charge is 0.480 e. The first kappa shape index (κ1) is 22.3. The average Bonchev–Trinajstić information content (AvgIpc) is 2.71. The zero-order valence-corrected chi connectivity index (χ0v) is 16.8. The summed E-state index contributed by atoms with van der Waals surface area (Å²) in [7, 11) is 0. The summed E-state index contributed by atoms with van der Waals surface area (Å²) in [6.07, 6.45) is 0.260. The minimum Gasteiger partial charge on any atom is -0.480 e. The van der Waals surface area contributed by atoms with Crippen LogP contribution in [0.25, 0.3) is 0 Å². The van der Waals surface area contributed by atoms with Crippen molar-refractivity contribution in [2.24, 2.45) is 5.92 Å². The summed E-state index contributed by atoms with van der Waals surface area (Å²) in [5, 5.41) is 15.1. The van der Waals surface area contributed by atoms with Crippen LogP contribution in [-0.4, -0.2) is 34.8 Å². The third-order valence-electron chi connectivity index (χ3n) is 4.52. The van der Waals surface area contributed by atoms with Gasteiger partial charge >= 0.3 is 5.97 Å². The van der Waals surface area contributed by atoms with Gasteiger partial charge in [-0.1, -0.05) is 74.5 Å². The second kappa shape index (κ2) is 11.1. The number of rotatable bonds is 11. The van der Waals surface area contributed by atoms with Crippen molar-refractivity contribution in [1.29, 1.82) is 0 Å². The number of aliphatic carboxylic acids is 1. The van der Waals surface area contributed by atoms with Crippen molar-refractivity contribution in [2.75, 3.05) is 0 Å². The summed E-state index contributed by atoms with van der Waals surface area (Å²) in [5.74, 6) is -1.64. The van der Waals surface area contributed by atoms with Gasteiger partial charge in [0.1, 0.15) is 6.04 Å². The van der Waals surface area contributed by atoms with Gasteiger partial charge in [-0.3, -0.25) is 9.59 Å². The van der Waals surface area contributed by atoms with Crippen LogP contribution in [0.4, 0.5) is 0 Å². The Labute approximate surface area is 171 Å². The van der Waals surface area contributed by atoms with E-state index < -0.39 is 24.0 Å². The number of carboxylic acids is 1. The molecule has 0 unspecified atom stereocenters. The predicted octanol–water partition coefficient (Wildman–Crippen LogP) is 3.03. The van der Waals surface area contributed by atoms with E-state index in [9.17, 15) is 19.5 Å². The molecule has 1 amide bonds. The van der Waals surface area contributed by atoms with E-state index in [1.807, 2.05) is 50.2 Å². The molecule has 3 N–H and O–H groups in total. The molecule has 0 aromatic heterocycles. The minimum atomic E-state index is -1.08. The van der Waals surface area contributed by atoms with E-state index in [4.69, 9.17) is 0 Å². The Morgan fingerprint density at radius 3 is 2.03 bits per heavy atom. The molecule has 0 saturated heterocycles. The Kier molecular flexibility index (Phi) is 8.55. The second-order valence-corrected chi connectivity index (χ2v) is 7.44. The molecule has 154 valence electrons. The molecule has 0 bridgehead atoms. The maximum atomic E-state index is 12.8. The normalized spacial score (nSPS) is 12.9. The van der Waals surface area contributed by atoms with Crippen LogP contribution in [0.1, 0.15) is 42.6 Å². The van der Waals surface area contributed by atoms with Gasteiger partial charge in [0.2, 0.25) is 5.91 Å². The Hall–Kier alpha value is -2.99. The highest BCUT2D eigenvalue weighted by atomic mass is 16.4. The predicted molar refractivity (Wildman–Crippen MR) is 111 cm³/mol. The molecule has 2 aromatic rings. The first-order valence-corrected chi connectivity index (χ1v) is 9.75. The summed E-state index contributed by atoms with van der Waals surface area (Å²) in [6.45, 7) is 4.18. The van der Waals surface area contributed by atoms with Crippen molar-refractivity contribution in [3.8, 4) is 0 Å². The Balaban J connectivity index is 2.12. The third-order valence-corrected chi connectivity index (χ3v) is 4.52. The highest BCUT2D eigenvalue weighted by Gasteiger charge is 2.27. The van der Waals surface area contributed by atoms with Crippen molar-refractivity contribution < 1.29 is 19.5 Å². The van der Waals surface area contributed by atoms with Crippen molar-refractivity contribution >= 4 is 17.7 Å². The number of hydrogen-bond donors (Lipinski definition) is 3. The number of hydrogen-bond acceptors (Lipinski definition) is 4. The van der Waals surface area contributed by atoms with E-state index in [-0.39, 0.29) is 18.1 Å². The zero-order chi connectivity index (χ0) is 21.2. The first-order chi connectivity index (χ1) is 13.9. The van der Waals surface area contributed by atoms with Gasteiger partial charge < -0.3 is 15.7 Å². The van der Waals surface area contributed by atoms with Crippen LogP contribution in [0.5, 0.6) is 0 Å². The Morgan fingerprint density at radius 1 is 0.897 bits per heavy atom. The van der Waals surface area contributed by atoms with Crippen LogP contribution in [0.2, 0.25) is 0 Å². The van der Waals surface area contributed by atoms with Gasteiger partial charge in [-0.25, -0.2) is 4.79 Å².